The molecule has 152 valence electrons. The molecule has 1 unspecified atom stereocenters. The first kappa shape index (κ1) is 23.6. The van der Waals surface area contributed by atoms with Crippen LogP contribution in [0.3, 0.4) is 0 Å². The molecule has 2 rings (SSSR count). The van der Waals surface area contributed by atoms with Crippen LogP contribution in [0.1, 0.15) is 18.9 Å². The second kappa shape index (κ2) is 12.9. The number of rotatable bonds is 8. The highest BCUT2D eigenvalue weighted by Gasteiger charge is 2.24. The Labute approximate surface area is 178 Å². The van der Waals surface area contributed by atoms with Gasteiger partial charge in [-0.2, -0.15) is 0 Å². The number of methoxy groups -OCH3 is 1. The Morgan fingerprint density at radius 1 is 1.41 bits per heavy atom. The summed E-state index contributed by atoms with van der Waals surface area (Å²) >= 11 is 0. The first-order valence-electron chi connectivity index (χ1n) is 9.15. The van der Waals surface area contributed by atoms with Crippen molar-refractivity contribution in [3.63, 3.8) is 0 Å². The van der Waals surface area contributed by atoms with Crippen molar-refractivity contribution < 1.29 is 13.9 Å². The summed E-state index contributed by atoms with van der Waals surface area (Å²) in [6.07, 6.45) is 1.27. The number of amides is 1. The summed E-state index contributed by atoms with van der Waals surface area (Å²) in [4.78, 5) is 18.8. The summed E-state index contributed by atoms with van der Waals surface area (Å²) in [6.45, 7) is 6.47. The third kappa shape index (κ3) is 8.42. The predicted molar refractivity (Wildman–Crippen MR) is 116 cm³/mol. The number of hydrogen-bond donors (Lipinski definition) is 2. The van der Waals surface area contributed by atoms with Crippen molar-refractivity contribution in [2.24, 2.45) is 10.9 Å². The molecule has 1 amide bonds. The molecule has 1 saturated heterocycles. The number of halogens is 2. The first-order chi connectivity index (χ1) is 12.6. The van der Waals surface area contributed by atoms with Gasteiger partial charge in [0.2, 0.25) is 5.91 Å². The van der Waals surface area contributed by atoms with Crippen LogP contribution in [0.4, 0.5) is 4.39 Å². The summed E-state index contributed by atoms with van der Waals surface area (Å²) in [5.74, 6) is 0.963. The van der Waals surface area contributed by atoms with Gasteiger partial charge in [-0.25, -0.2) is 4.39 Å². The van der Waals surface area contributed by atoms with Crippen molar-refractivity contribution in [3.05, 3.63) is 35.6 Å². The molecule has 0 aliphatic carbocycles. The molecule has 1 aliphatic heterocycles. The second-order valence-corrected chi connectivity index (χ2v) is 6.45. The molecule has 1 aliphatic rings. The zero-order chi connectivity index (χ0) is 18.8. The van der Waals surface area contributed by atoms with E-state index in [1.54, 1.807) is 19.2 Å². The SMILES string of the molecule is CCNC(=NCCNC(=O)Cc1cccc(F)c1)N1CCC(COC)C1.I. The van der Waals surface area contributed by atoms with Crippen LogP contribution in [0.2, 0.25) is 0 Å². The van der Waals surface area contributed by atoms with Crippen molar-refractivity contribution >= 4 is 35.8 Å². The number of ether oxygens (including phenoxy) is 1. The molecule has 0 radical (unpaired) electrons. The lowest BCUT2D eigenvalue weighted by molar-refractivity contribution is -0.120. The normalized spacial score (nSPS) is 16.8. The fourth-order valence-electron chi connectivity index (χ4n) is 3.07. The molecule has 6 nitrogen and oxygen atoms in total. The van der Waals surface area contributed by atoms with E-state index < -0.39 is 0 Å². The fraction of sp³-hybridized carbons (Fsp3) is 0.579. The zero-order valence-corrected chi connectivity index (χ0v) is 18.4. The molecule has 2 N–H and O–H groups in total. The third-order valence-electron chi connectivity index (χ3n) is 4.27. The Kier molecular flexibility index (Phi) is 11.3. The van der Waals surface area contributed by atoms with Gasteiger partial charge in [-0.1, -0.05) is 12.1 Å². The summed E-state index contributed by atoms with van der Waals surface area (Å²) in [6, 6.07) is 6.10. The maximum Gasteiger partial charge on any atom is 0.224 e. The fourth-order valence-corrected chi connectivity index (χ4v) is 3.07. The molecule has 0 aromatic heterocycles. The molecule has 0 bridgehead atoms. The van der Waals surface area contributed by atoms with E-state index in [-0.39, 0.29) is 42.1 Å². The highest BCUT2D eigenvalue weighted by atomic mass is 127. The van der Waals surface area contributed by atoms with E-state index in [1.807, 2.05) is 6.92 Å². The van der Waals surface area contributed by atoms with Crippen molar-refractivity contribution in [1.29, 1.82) is 0 Å². The van der Waals surface area contributed by atoms with Gasteiger partial charge in [-0.15, -0.1) is 24.0 Å². The molecule has 1 aromatic carbocycles. The molecular formula is C19H30FIN4O2. The van der Waals surface area contributed by atoms with Crippen LogP contribution in [0, 0.1) is 11.7 Å². The molecule has 27 heavy (non-hydrogen) atoms. The lowest BCUT2D eigenvalue weighted by atomic mass is 10.1. The van der Waals surface area contributed by atoms with Crippen LogP contribution < -0.4 is 10.6 Å². The number of hydrogen-bond acceptors (Lipinski definition) is 3. The van der Waals surface area contributed by atoms with Gasteiger partial charge in [0.1, 0.15) is 5.82 Å². The number of carbonyl (C=O) groups is 1. The maximum absolute atomic E-state index is 13.1. The molecule has 1 atom stereocenters. The van der Waals surface area contributed by atoms with Gasteiger partial charge in [0.15, 0.2) is 5.96 Å². The topological polar surface area (TPSA) is 66.0 Å². The van der Waals surface area contributed by atoms with E-state index >= 15 is 0 Å². The molecule has 1 aromatic rings. The van der Waals surface area contributed by atoms with Crippen LogP contribution in [-0.4, -0.2) is 63.2 Å². The quantitative estimate of drug-likeness (QED) is 0.252. The van der Waals surface area contributed by atoms with E-state index in [4.69, 9.17) is 4.74 Å². The monoisotopic (exact) mass is 492 g/mol. The smallest absolute Gasteiger partial charge is 0.224 e. The van der Waals surface area contributed by atoms with Crippen LogP contribution >= 0.6 is 24.0 Å². The molecule has 1 heterocycles. The predicted octanol–water partition coefficient (Wildman–Crippen LogP) is 2.04. The van der Waals surface area contributed by atoms with E-state index in [2.05, 4.69) is 20.5 Å². The van der Waals surface area contributed by atoms with Crippen LogP contribution in [0.25, 0.3) is 0 Å². The van der Waals surface area contributed by atoms with Gasteiger partial charge < -0.3 is 20.3 Å². The second-order valence-electron chi connectivity index (χ2n) is 6.45. The minimum atomic E-state index is -0.326. The largest absolute Gasteiger partial charge is 0.384 e. The highest BCUT2D eigenvalue weighted by Crippen LogP contribution is 2.16. The average molecular weight is 492 g/mol. The molecular weight excluding hydrogens is 462 g/mol. The number of likely N-dealkylation sites (tertiary alicyclic amines) is 1. The number of benzene rings is 1. The number of nitrogens with zero attached hydrogens (tertiary/aromatic N) is 2. The minimum Gasteiger partial charge on any atom is -0.384 e. The number of aliphatic imine (C=N–C) groups is 1. The Balaban J connectivity index is 0.00000364. The third-order valence-corrected chi connectivity index (χ3v) is 4.27. The van der Waals surface area contributed by atoms with Crippen LogP contribution in [0.5, 0.6) is 0 Å². The van der Waals surface area contributed by atoms with Crippen molar-refractivity contribution in [2.75, 3.05) is 46.4 Å². The van der Waals surface area contributed by atoms with Crippen LogP contribution in [-0.2, 0) is 16.0 Å². The Hall–Kier alpha value is -1.42. The van der Waals surface area contributed by atoms with E-state index in [0.29, 0.717) is 24.6 Å². The van der Waals surface area contributed by atoms with Crippen LogP contribution in [0.15, 0.2) is 29.3 Å². The first-order valence-corrected chi connectivity index (χ1v) is 9.15. The van der Waals surface area contributed by atoms with Gasteiger partial charge >= 0.3 is 0 Å². The zero-order valence-electron chi connectivity index (χ0n) is 16.0. The van der Waals surface area contributed by atoms with Gasteiger partial charge in [0.05, 0.1) is 19.6 Å². The average Bonchev–Trinajstić information content (AvgIpc) is 3.06. The maximum atomic E-state index is 13.1. The van der Waals surface area contributed by atoms with Crippen molar-refractivity contribution in [2.45, 2.75) is 19.8 Å². The lowest BCUT2D eigenvalue weighted by Crippen LogP contribution is -2.41. The molecule has 8 heteroatoms. The van der Waals surface area contributed by atoms with E-state index in [9.17, 15) is 9.18 Å². The Morgan fingerprint density at radius 3 is 2.93 bits per heavy atom. The lowest BCUT2D eigenvalue weighted by Gasteiger charge is -2.21. The summed E-state index contributed by atoms with van der Waals surface area (Å²) in [7, 11) is 1.73. The number of guanidine groups is 1. The summed E-state index contributed by atoms with van der Waals surface area (Å²) in [5, 5.41) is 6.14. The standard InChI is InChI=1S/C19H29FN4O2.HI/c1-3-21-19(24-10-7-16(13-24)14-26-2)23-9-8-22-18(25)12-15-5-4-6-17(20)11-15;/h4-6,11,16H,3,7-10,12-14H2,1-2H3,(H,21,23)(H,22,25);1H. The van der Waals surface area contributed by atoms with Gasteiger partial charge in [0.25, 0.3) is 0 Å². The Bertz CT molecular complexity index is 615. The van der Waals surface area contributed by atoms with Crippen molar-refractivity contribution in [3.8, 4) is 0 Å². The highest BCUT2D eigenvalue weighted by molar-refractivity contribution is 14.0. The Morgan fingerprint density at radius 2 is 2.22 bits per heavy atom. The minimum absolute atomic E-state index is 0. The van der Waals surface area contributed by atoms with Crippen molar-refractivity contribution in [1.82, 2.24) is 15.5 Å². The van der Waals surface area contributed by atoms with Gasteiger partial charge in [0, 0.05) is 39.2 Å². The molecule has 0 saturated carbocycles. The van der Waals surface area contributed by atoms with E-state index in [1.165, 1.54) is 12.1 Å². The summed E-state index contributed by atoms with van der Waals surface area (Å²) in [5.41, 5.74) is 0.667. The molecule has 0 spiro atoms. The summed E-state index contributed by atoms with van der Waals surface area (Å²) < 4.78 is 18.4. The van der Waals surface area contributed by atoms with E-state index in [0.717, 1.165) is 38.6 Å². The van der Waals surface area contributed by atoms with Gasteiger partial charge in [-0.3, -0.25) is 9.79 Å². The number of carbonyl (C=O) groups excluding carboxylic acids is 1. The number of nitrogens with one attached hydrogen (secondary N) is 2. The molecule has 1 fully saturated rings. The van der Waals surface area contributed by atoms with Gasteiger partial charge in [-0.05, 0) is 31.0 Å².